The molecule has 0 bridgehead atoms. The van der Waals surface area contributed by atoms with E-state index in [0.29, 0.717) is 22.0 Å². The number of amides is 2. The van der Waals surface area contributed by atoms with E-state index in [9.17, 15) is 14.0 Å². The first kappa shape index (κ1) is 27.0. The van der Waals surface area contributed by atoms with Crippen LogP contribution in [0.3, 0.4) is 0 Å². The third kappa shape index (κ3) is 6.64. The first-order chi connectivity index (χ1) is 17.7. The summed E-state index contributed by atoms with van der Waals surface area (Å²) in [7, 11) is 1.53. The van der Waals surface area contributed by atoms with Crippen molar-refractivity contribution in [1.82, 2.24) is 4.90 Å². The zero-order valence-corrected chi connectivity index (χ0v) is 23.5. The van der Waals surface area contributed by atoms with Gasteiger partial charge >= 0.3 is 0 Å². The summed E-state index contributed by atoms with van der Waals surface area (Å²) in [6, 6.07) is 15.6. The first-order valence-corrected chi connectivity index (χ1v) is 13.3. The van der Waals surface area contributed by atoms with Gasteiger partial charge in [-0.15, -0.1) is 0 Å². The molecule has 6 nitrogen and oxygen atoms in total. The Morgan fingerprint density at radius 1 is 1.00 bits per heavy atom. The smallest absolute Gasteiger partial charge is 0.293 e. The van der Waals surface area contributed by atoms with Crippen LogP contribution in [-0.4, -0.2) is 36.3 Å². The van der Waals surface area contributed by atoms with Crippen molar-refractivity contribution in [3.05, 3.63) is 91.1 Å². The quantitative estimate of drug-likeness (QED) is 0.192. The van der Waals surface area contributed by atoms with Crippen LogP contribution in [0.1, 0.15) is 22.3 Å². The normalized spacial score (nSPS) is 14.4. The summed E-state index contributed by atoms with van der Waals surface area (Å²) in [4.78, 5) is 27.0. The molecule has 0 spiro atoms. The number of methoxy groups -OCH3 is 1. The second kappa shape index (κ2) is 12.0. The average Bonchev–Trinajstić information content (AvgIpc) is 3.13. The Labute approximate surface area is 232 Å². The molecule has 0 atom stereocenters. The van der Waals surface area contributed by atoms with Crippen molar-refractivity contribution in [1.29, 1.82) is 0 Å². The van der Waals surface area contributed by atoms with E-state index in [-0.39, 0.29) is 36.7 Å². The number of thioether (sulfide) groups is 1. The highest BCUT2D eigenvalue weighted by Crippen LogP contribution is 2.37. The molecule has 0 saturated carbocycles. The highest BCUT2D eigenvalue weighted by molar-refractivity contribution is 14.1. The number of ether oxygens (including phenoxy) is 3. The second-order valence-electron chi connectivity index (χ2n) is 8.40. The zero-order chi connectivity index (χ0) is 26.5. The highest BCUT2D eigenvalue weighted by Gasteiger charge is 2.35. The molecule has 37 heavy (non-hydrogen) atoms. The van der Waals surface area contributed by atoms with Gasteiger partial charge in [0.15, 0.2) is 11.5 Å². The van der Waals surface area contributed by atoms with E-state index in [1.165, 1.54) is 24.1 Å². The Bertz CT molecular complexity index is 1360. The molecule has 9 heteroatoms. The van der Waals surface area contributed by atoms with Gasteiger partial charge < -0.3 is 14.2 Å². The molecule has 0 radical (unpaired) electrons. The number of rotatable bonds is 9. The van der Waals surface area contributed by atoms with Gasteiger partial charge in [0.05, 0.1) is 22.1 Å². The molecule has 4 rings (SSSR count). The Balaban J connectivity index is 1.44. The predicted molar refractivity (Wildman–Crippen MR) is 151 cm³/mol. The van der Waals surface area contributed by atoms with Gasteiger partial charge in [0, 0.05) is 0 Å². The Morgan fingerprint density at radius 2 is 1.76 bits per heavy atom. The van der Waals surface area contributed by atoms with Gasteiger partial charge in [-0.3, -0.25) is 14.5 Å². The van der Waals surface area contributed by atoms with Crippen molar-refractivity contribution in [2.45, 2.75) is 20.5 Å². The maximum absolute atomic E-state index is 13.2. The Hall–Kier alpha value is -3.05. The molecule has 0 aromatic heterocycles. The van der Waals surface area contributed by atoms with Crippen LogP contribution in [0, 0.1) is 23.2 Å². The minimum absolute atomic E-state index is 0.159. The minimum atomic E-state index is -0.356. The highest BCUT2D eigenvalue weighted by atomic mass is 127. The Kier molecular flexibility index (Phi) is 8.75. The number of imide groups is 1. The largest absolute Gasteiger partial charge is 0.493 e. The number of hydrogen-bond donors (Lipinski definition) is 0. The summed E-state index contributed by atoms with van der Waals surface area (Å²) in [6.07, 6.45) is 1.67. The van der Waals surface area contributed by atoms with Crippen molar-refractivity contribution in [3.63, 3.8) is 0 Å². The van der Waals surface area contributed by atoms with E-state index in [1.54, 1.807) is 24.3 Å². The third-order valence-electron chi connectivity index (χ3n) is 5.64. The lowest BCUT2D eigenvalue weighted by Crippen LogP contribution is -2.32. The van der Waals surface area contributed by atoms with Crippen LogP contribution < -0.4 is 14.2 Å². The first-order valence-electron chi connectivity index (χ1n) is 11.5. The molecule has 1 aliphatic heterocycles. The van der Waals surface area contributed by atoms with Crippen LogP contribution in [0.5, 0.6) is 17.2 Å². The summed E-state index contributed by atoms with van der Waals surface area (Å²) in [5, 5.41) is -0.332. The average molecular weight is 633 g/mol. The molecule has 192 valence electrons. The lowest BCUT2D eigenvalue weighted by Gasteiger charge is -2.15. The fraction of sp³-hybridized carbons (Fsp3) is 0.214. The third-order valence-corrected chi connectivity index (χ3v) is 7.34. The van der Waals surface area contributed by atoms with Crippen LogP contribution in [0.2, 0.25) is 0 Å². The molecule has 0 N–H and O–H groups in total. The lowest BCUT2D eigenvalue weighted by molar-refractivity contribution is -0.123. The predicted octanol–water partition coefficient (Wildman–Crippen LogP) is 6.75. The van der Waals surface area contributed by atoms with Crippen molar-refractivity contribution in [2.75, 3.05) is 20.3 Å². The van der Waals surface area contributed by atoms with Crippen LogP contribution in [-0.2, 0) is 11.4 Å². The number of benzene rings is 3. The monoisotopic (exact) mass is 633 g/mol. The number of hydrogen-bond acceptors (Lipinski definition) is 6. The second-order valence-corrected chi connectivity index (χ2v) is 10.6. The van der Waals surface area contributed by atoms with E-state index in [1.807, 2.05) is 38.1 Å². The molecular formula is C28H25FINO5S. The van der Waals surface area contributed by atoms with Crippen LogP contribution in [0.4, 0.5) is 9.18 Å². The van der Waals surface area contributed by atoms with Crippen LogP contribution >= 0.6 is 34.4 Å². The molecule has 1 heterocycles. The van der Waals surface area contributed by atoms with Gasteiger partial charge in [-0.25, -0.2) is 4.39 Å². The van der Waals surface area contributed by atoms with Gasteiger partial charge in [-0.1, -0.05) is 24.3 Å². The molecule has 2 amide bonds. The molecule has 1 fully saturated rings. The standard InChI is InChI=1S/C28H25FINO5S/c1-17-4-5-18(2)23(12-17)35-11-10-31-27(32)25(37-28(31)33)15-20-13-22(30)26(24(14-20)34-3)36-16-19-6-8-21(29)9-7-19/h4-9,12-15H,10-11,16H2,1-3H3/b25-15-. The topological polar surface area (TPSA) is 65.1 Å². The molecular weight excluding hydrogens is 608 g/mol. The van der Waals surface area contributed by atoms with Gasteiger partial charge in [0.25, 0.3) is 11.1 Å². The molecule has 1 saturated heterocycles. The SMILES string of the molecule is COc1cc(/C=C2\SC(=O)N(CCOc3cc(C)ccc3C)C2=O)cc(I)c1OCc1ccc(F)cc1. The van der Waals surface area contributed by atoms with E-state index < -0.39 is 0 Å². The van der Waals surface area contributed by atoms with Gasteiger partial charge in [-0.05, 0) is 107 Å². The van der Waals surface area contributed by atoms with E-state index >= 15 is 0 Å². The molecule has 3 aromatic carbocycles. The number of carbonyl (C=O) groups excluding carboxylic acids is 2. The van der Waals surface area contributed by atoms with Gasteiger partial charge in [0.2, 0.25) is 0 Å². The zero-order valence-electron chi connectivity index (χ0n) is 20.5. The number of carbonyl (C=O) groups is 2. The van der Waals surface area contributed by atoms with Crippen molar-refractivity contribution in [3.8, 4) is 17.2 Å². The van der Waals surface area contributed by atoms with Gasteiger partial charge in [0.1, 0.15) is 24.8 Å². The van der Waals surface area contributed by atoms with Crippen LogP contribution in [0.25, 0.3) is 6.08 Å². The summed E-state index contributed by atoms with van der Waals surface area (Å²) >= 11 is 3.03. The van der Waals surface area contributed by atoms with E-state index in [2.05, 4.69) is 22.6 Å². The van der Waals surface area contributed by atoms with Gasteiger partial charge in [-0.2, -0.15) is 0 Å². The number of nitrogens with zero attached hydrogens (tertiary/aromatic N) is 1. The van der Waals surface area contributed by atoms with Crippen molar-refractivity contribution in [2.24, 2.45) is 0 Å². The molecule has 0 aliphatic carbocycles. The number of aryl methyl sites for hydroxylation is 2. The maximum atomic E-state index is 13.2. The van der Waals surface area contributed by atoms with Crippen LogP contribution in [0.15, 0.2) is 59.5 Å². The fourth-order valence-electron chi connectivity index (χ4n) is 3.65. The Morgan fingerprint density at radius 3 is 2.49 bits per heavy atom. The van der Waals surface area contributed by atoms with E-state index in [4.69, 9.17) is 14.2 Å². The summed E-state index contributed by atoms with van der Waals surface area (Å²) < 4.78 is 31.2. The molecule has 1 aliphatic rings. The summed E-state index contributed by atoms with van der Waals surface area (Å²) in [5.74, 6) is 1.11. The number of halogens is 2. The van der Waals surface area contributed by atoms with Crippen molar-refractivity contribution < 1.29 is 28.2 Å². The summed E-state index contributed by atoms with van der Waals surface area (Å²) in [6.45, 7) is 4.54. The fourth-order valence-corrected chi connectivity index (χ4v) is 5.30. The lowest BCUT2D eigenvalue weighted by atomic mass is 10.1. The molecule has 0 unspecified atom stereocenters. The minimum Gasteiger partial charge on any atom is -0.493 e. The maximum Gasteiger partial charge on any atom is 0.293 e. The summed E-state index contributed by atoms with van der Waals surface area (Å²) in [5.41, 5.74) is 3.59. The van der Waals surface area contributed by atoms with E-state index in [0.717, 1.165) is 37.8 Å². The van der Waals surface area contributed by atoms with Crippen molar-refractivity contribution >= 4 is 51.6 Å². The molecule has 3 aromatic rings.